The molecule has 1 heterocycles. The van der Waals surface area contributed by atoms with E-state index in [4.69, 9.17) is 18.9 Å². The Morgan fingerprint density at radius 3 is 2.37 bits per heavy atom. The molecule has 0 amide bonds. The van der Waals surface area contributed by atoms with Gasteiger partial charge in [0.1, 0.15) is 29.8 Å². The van der Waals surface area contributed by atoms with E-state index in [1.165, 1.54) is 6.07 Å². The molecule has 0 aromatic heterocycles. The van der Waals surface area contributed by atoms with Crippen molar-refractivity contribution in [3.8, 4) is 22.6 Å². The zero-order chi connectivity index (χ0) is 30.2. The van der Waals surface area contributed by atoms with Gasteiger partial charge in [-0.25, -0.2) is 0 Å². The van der Waals surface area contributed by atoms with Crippen molar-refractivity contribution < 1.29 is 42.0 Å². The van der Waals surface area contributed by atoms with Crippen LogP contribution in [0.3, 0.4) is 0 Å². The summed E-state index contributed by atoms with van der Waals surface area (Å²) in [6.45, 7) is 3.18. The molecule has 1 saturated carbocycles. The number of hydrogen-bond acceptors (Lipinski definition) is 6. The normalized spacial score (nSPS) is 22.5. The smallest absolute Gasteiger partial charge is 0.417 e. The highest BCUT2D eigenvalue weighted by Gasteiger charge is 2.45. The number of hydrogen-bond donors (Lipinski definition) is 1. The third-order valence-corrected chi connectivity index (χ3v) is 8.70. The fraction of sp³-hybridized carbons (Fsp3) is 0.441. The lowest BCUT2D eigenvalue weighted by atomic mass is 9.91. The van der Waals surface area contributed by atoms with Crippen molar-refractivity contribution in [2.24, 2.45) is 5.92 Å². The van der Waals surface area contributed by atoms with Crippen molar-refractivity contribution in [3.05, 3.63) is 82.9 Å². The van der Waals surface area contributed by atoms with Gasteiger partial charge in [0.15, 0.2) is 0 Å². The molecule has 3 aromatic rings. The third-order valence-electron chi connectivity index (χ3n) is 8.70. The lowest BCUT2D eigenvalue weighted by molar-refractivity contribution is -0.144. The Bertz CT molecular complexity index is 1440. The number of aliphatic hydroxyl groups is 1. The highest BCUT2D eigenvalue weighted by Crippen LogP contribution is 2.49. The summed E-state index contributed by atoms with van der Waals surface area (Å²) in [5.41, 5.74) is 1.40. The Hall–Kier alpha value is -3.56. The van der Waals surface area contributed by atoms with Crippen LogP contribution in [0.1, 0.15) is 66.9 Å². The Balaban J connectivity index is 1.19. The first-order valence-corrected chi connectivity index (χ1v) is 14.8. The van der Waals surface area contributed by atoms with Crippen LogP contribution < -0.4 is 9.47 Å². The van der Waals surface area contributed by atoms with E-state index in [2.05, 4.69) is 0 Å². The van der Waals surface area contributed by atoms with Crippen LogP contribution in [0.4, 0.5) is 13.2 Å². The first kappa shape index (κ1) is 29.5. The van der Waals surface area contributed by atoms with Gasteiger partial charge in [-0.1, -0.05) is 30.3 Å². The van der Waals surface area contributed by atoms with Crippen molar-refractivity contribution in [1.82, 2.24) is 0 Å². The lowest BCUT2D eigenvalue weighted by Gasteiger charge is -2.31. The van der Waals surface area contributed by atoms with Crippen LogP contribution in [0.2, 0.25) is 0 Å². The largest absolute Gasteiger partial charge is 0.491 e. The molecule has 1 N–H and O–H groups in total. The molecule has 1 saturated heterocycles. The van der Waals surface area contributed by atoms with E-state index in [1.54, 1.807) is 31.2 Å². The molecule has 3 aliphatic rings. The van der Waals surface area contributed by atoms with E-state index in [-0.39, 0.29) is 36.1 Å². The molecule has 2 fully saturated rings. The number of fused-ring (bicyclic) bond motifs is 1. The molecule has 6 nitrogen and oxygen atoms in total. The molecular weight excluding hydrogens is 561 g/mol. The number of alkyl halides is 3. The lowest BCUT2D eigenvalue weighted by Crippen LogP contribution is -2.41. The minimum absolute atomic E-state index is 0.0941. The van der Waals surface area contributed by atoms with Gasteiger partial charge in [-0.2, -0.15) is 13.2 Å². The molecule has 0 radical (unpaired) electrons. The second-order valence-corrected chi connectivity index (χ2v) is 11.6. The Labute approximate surface area is 248 Å². The zero-order valence-corrected chi connectivity index (χ0v) is 24.0. The van der Waals surface area contributed by atoms with Gasteiger partial charge < -0.3 is 24.1 Å². The number of carbonyl (C=O) groups excluding carboxylic acids is 1. The molecule has 1 aliphatic heterocycles. The molecule has 3 atom stereocenters. The van der Waals surface area contributed by atoms with Crippen molar-refractivity contribution in [2.75, 3.05) is 26.4 Å². The maximum Gasteiger partial charge on any atom is 0.417 e. The summed E-state index contributed by atoms with van der Waals surface area (Å²) >= 11 is 0. The van der Waals surface area contributed by atoms with E-state index in [0.29, 0.717) is 68.1 Å². The summed E-state index contributed by atoms with van der Waals surface area (Å²) in [6.07, 6.45) is -2.18. The van der Waals surface area contributed by atoms with E-state index >= 15 is 0 Å². The van der Waals surface area contributed by atoms with Crippen LogP contribution >= 0.6 is 0 Å². The van der Waals surface area contributed by atoms with E-state index in [1.807, 2.05) is 24.3 Å². The molecule has 3 aromatic carbocycles. The van der Waals surface area contributed by atoms with E-state index in [0.717, 1.165) is 23.6 Å². The van der Waals surface area contributed by atoms with Gasteiger partial charge in [0.05, 0.1) is 18.1 Å². The Morgan fingerprint density at radius 1 is 1.00 bits per heavy atom. The fourth-order valence-corrected chi connectivity index (χ4v) is 6.22. The number of ether oxygens (including phenoxy) is 4. The molecule has 43 heavy (non-hydrogen) atoms. The van der Waals surface area contributed by atoms with Crippen molar-refractivity contribution in [2.45, 2.75) is 62.8 Å². The predicted octanol–water partition coefficient (Wildman–Crippen LogP) is 7.03. The summed E-state index contributed by atoms with van der Waals surface area (Å²) in [5, 5.41) is 10.7. The van der Waals surface area contributed by atoms with Crippen LogP contribution in [-0.4, -0.2) is 43.1 Å². The highest BCUT2D eigenvalue weighted by molar-refractivity contribution is 5.77. The molecule has 2 aliphatic carbocycles. The molecule has 6 rings (SSSR count). The Kier molecular flexibility index (Phi) is 8.13. The zero-order valence-electron chi connectivity index (χ0n) is 24.0. The summed E-state index contributed by atoms with van der Waals surface area (Å²) in [4.78, 5) is 12.0. The fourth-order valence-electron chi connectivity index (χ4n) is 6.22. The summed E-state index contributed by atoms with van der Waals surface area (Å²) < 4.78 is 65.1. The van der Waals surface area contributed by atoms with Gasteiger partial charge >= 0.3 is 12.1 Å². The number of rotatable bonds is 9. The maximum atomic E-state index is 14.2. The second-order valence-electron chi connectivity index (χ2n) is 11.6. The van der Waals surface area contributed by atoms with Gasteiger partial charge in [-0.05, 0) is 90.3 Å². The van der Waals surface area contributed by atoms with Crippen LogP contribution in [0.15, 0.2) is 60.7 Å². The average molecular weight is 597 g/mol. The number of halogens is 3. The number of benzene rings is 3. The molecule has 0 unspecified atom stereocenters. The average Bonchev–Trinajstić information content (AvgIpc) is 3.70. The SMILES string of the molecule is CCOC(=O)[C@H]1C[C@@H]1c1ccc(O[C@@H]2CCc3c2ccc(C(F)(F)F)c3-c2ccc(OCC3(O)CCOCC3)cc2)cc1. The van der Waals surface area contributed by atoms with E-state index < -0.39 is 17.3 Å². The molecule has 0 bridgehead atoms. The van der Waals surface area contributed by atoms with Crippen LogP contribution in [-0.2, 0) is 26.9 Å². The third kappa shape index (κ3) is 6.38. The number of esters is 1. The Morgan fingerprint density at radius 2 is 1.70 bits per heavy atom. The van der Waals surface area contributed by atoms with Gasteiger partial charge in [0.25, 0.3) is 0 Å². The van der Waals surface area contributed by atoms with Crippen LogP contribution in [0.5, 0.6) is 11.5 Å². The van der Waals surface area contributed by atoms with Crippen molar-refractivity contribution in [1.29, 1.82) is 0 Å². The minimum atomic E-state index is -4.52. The van der Waals surface area contributed by atoms with Gasteiger partial charge in [-0.15, -0.1) is 0 Å². The van der Waals surface area contributed by atoms with Gasteiger partial charge in [0, 0.05) is 26.1 Å². The first-order valence-electron chi connectivity index (χ1n) is 14.8. The monoisotopic (exact) mass is 596 g/mol. The maximum absolute atomic E-state index is 14.2. The highest BCUT2D eigenvalue weighted by atomic mass is 19.4. The minimum Gasteiger partial charge on any atom is -0.491 e. The summed E-state index contributed by atoms with van der Waals surface area (Å²) in [6, 6.07) is 16.9. The predicted molar refractivity (Wildman–Crippen MR) is 153 cm³/mol. The quantitative estimate of drug-likeness (QED) is 0.268. The second kappa shape index (κ2) is 11.8. The van der Waals surface area contributed by atoms with E-state index in [9.17, 15) is 23.1 Å². The summed E-state index contributed by atoms with van der Waals surface area (Å²) in [5.74, 6) is 0.985. The van der Waals surface area contributed by atoms with Crippen molar-refractivity contribution >= 4 is 5.97 Å². The number of carbonyl (C=O) groups is 1. The van der Waals surface area contributed by atoms with Crippen molar-refractivity contribution in [3.63, 3.8) is 0 Å². The van der Waals surface area contributed by atoms with Gasteiger partial charge in [-0.3, -0.25) is 4.79 Å². The molecular formula is C34H35F3O6. The molecule has 9 heteroatoms. The molecule has 228 valence electrons. The topological polar surface area (TPSA) is 74.2 Å². The standard InChI is InChI=1S/C34H35F3O6/c1-2-41-32(38)28-19-27(28)21-3-9-24(10-4-21)43-30-14-12-26-25(30)11-13-29(34(35,36)37)31(26)22-5-7-23(8-6-22)42-20-33(39)15-17-40-18-16-33/h3-11,13,27-28,30,39H,2,12,14-20H2,1H3/t27-,28+,30-/m1/s1. The summed E-state index contributed by atoms with van der Waals surface area (Å²) in [7, 11) is 0. The first-order chi connectivity index (χ1) is 20.6. The van der Waals surface area contributed by atoms with Gasteiger partial charge in [0.2, 0.25) is 0 Å². The van der Waals surface area contributed by atoms with Crippen LogP contribution in [0, 0.1) is 5.92 Å². The molecule has 0 spiro atoms. The van der Waals surface area contributed by atoms with Crippen LogP contribution in [0.25, 0.3) is 11.1 Å².